The van der Waals surface area contributed by atoms with Gasteiger partial charge in [0.15, 0.2) is 0 Å². The minimum atomic E-state index is -1.43. The Hall–Kier alpha value is -3.99. The van der Waals surface area contributed by atoms with E-state index in [0.29, 0.717) is 36.4 Å². The number of aliphatic hydroxyl groups excluding tert-OH is 1. The molecule has 0 saturated carbocycles. The van der Waals surface area contributed by atoms with E-state index in [2.05, 4.69) is 5.32 Å². The predicted octanol–water partition coefficient (Wildman–Crippen LogP) is 4.05. The lowest BCUT2D eigenvalue weighted by Crippen LogP contribution is -2.55. The molecule has 0 radical (unpaired) electrons. The Morgan fingerprint density at radius 2 is 1.81 bits per heavy atom. The molecule has 10 nitrogen and oxygen atoms in total. The number of carbonyl (C=O) groups excluding carboxylic acids is 4. The summed E-state index contributed by atoms with van der Waals surface area (Å²) in [6.45, 7) is 2.31. The number of esters is 1. The van der Waals surface area contributed by atoms with E-state index in [0.717, 1.165) is 11.1 Å². The van der Waals surface area contributed by atoms with Crippen molar-refractivity contribution in [3.8, 4) is 0 Å². The fourth-order valence-corrected chi connectivity index (χ4v) is 7.74. The molecule has 0 aliphatic carbocycles. The molecule has 6 atom stereocenters. The summed E-state index contributed by atoms with van der Waals surface area (Å²) in [5.41, 5.74) is 0.698. The van der Waals surface area contributed by atoms with Gasteiger partial charge >= 0.3 is 5.97 Å². The Balaban J connectivity index is 1.42. The van der Waals surface area contributed by atoms with Crippen molar-refractivity contribution in [2.75, 3.05) is 31.2 Å². The van der Waals surface area contributed by atoms with Crippen LogP contribution in [0.1, 0.15) is 49.3 Å². The second-order valence-corrected chi connectivity index (χ2v) is 12.9. The summed E-state index contributed by atoms with van der Waals surface area (Å²) in [6.07, 6.45) is 8.60. The van der Waals surface area contributed by atoms with Crippen LogP contribution >= 0.6 is 11.6 Å². The fraction of sp³-hybridized carbons (Fsp3) is 0.444. The molecule has 0 bridgehead atoms. The van der Waals surface area contributed by atoms with Gasteiger partial charge in [-0.2, -0.15) is 0 Å². The first-order valence-corrected chi connectivity index (χ1v) is 16.7. The number of carbonyl (C=O) groups is 4. The molecule has 2 N–H and O–H groups in total. The molecule has 2 aromatic rings. The normalized spacial score (nSPS) is 30.0. The molecule has 4 aliphatic heterocycles. The molecule has 2 aromatic carbocycles. The standard InChI is InChI=1S/C36H40ClN3O7/c1-23-12-10-15-25(37)31(23)39-20-11-18-36-30(34(44)40(32(36)35(39)45)19-8-3-9-21-41)29-27(47-36)16-6-7-17-28(42)46-22-26(38-33(29)43)24-13-4-2-5-14-24/h2,4-6,10-16,18,26-27,29-30,32,41H,3,7-9,17,19-22H2,1H3,(H,38,43)/b16-6-/t26-,27+,29-,30-,32+,36-/m0/s1. The van der Waals surface area contributed by atoms with Crippen molar-refractivity contribution < 1.29 is 33.8 Å². The van der Waals surface area contributed by atoms with Gasteiger partial charge in [-0.15, -0.1) is 0 Å². The Bertz CT molecular complexity index is 1560. The lowest BCUT2D eigenvalue weighted by molar-refractivity contribution is -0.146. The number of hydrogen-bond acceptors (Lipinski definition) is 7. The summed E-state index contributed by atoms with van der Waals surface area (Å²) in [6, 6.07) is 13.0. The van der Waals surface area contributed by atoms with Crippen LogP contribution in [0.4, 0.5) is 5.69 Å². The maximum atomic E-state index is 14.8. The number of ether oxygens (including phenoxy) is 2. The third kappa shape index (κ3) is 6.22. The molecule has 3 amide bonds. The molecular weight excluding hydrogens is 622 g/mol. The zero-order chi connectivity index (χ0) is 33.1. The van der Waals surface area contributed by atoms with E-state index in [1.54, 1.807) is 34.1 Å². The van der Waals surface area contributed by atoms with E-state index in [4.69, 9.17) is 21.1 Å². The number of amides is 3. The van der Waals surface area contributed by atoms with Crippen LogP contribution in [0, 0.1) is 18.8 Å². The van der Waals surface area contributed by atoms with Crippen LogP contribution in [0.25, 0.3) is 0 Å². The van der Waals surface area contributed by atoms with E-state index < -0.39 is 41.5 Å². The molecule has 2 fully saturated rings. The molecule has 2 saturated heterocycles. The Morgan fingerprint density at radius 1 is 1.00 bits per heavy atom. The molecule has 1 spiro atoms. The number of hydrogen-bond donors (Lipinski definition) is 2. The SMILES string of the molecule is Cc1cccc(Cl)c1N1CC=C[C@]23O[C@@H]4/C=C\CCC(=O)OC[C@@H](c5ccccc5)NC(=O)[C@@H]4[C@H]2C(=O)N(CCCCCO)[C@@H]3C1=O. The lowest BCUT2D eigenvalue weighted by atomic mass is 9.77. The first kappa shape index (κ1) is 32.9. The number of cyclic esters (lactones) is 1. The number of nitrogens with zero attached hydrogens (tertiary/aromatic N) is 2. The summed E-state index contributed by atoms with van der Waals surface area (Å²) < 4.78 is 12.3. The van der Waals surface area contributed by atoms with Crippen molar-refractivity contribution in [2.24, 2.45) is 11.8 Å². The Labute approximate surface area is 279 Å². The van der Waals surface area contributed by atoms with Crippen molar-refractivity contribution in [1.29, 1.82) is 0 Å². The maximum absolute atomic E-state index is 14.8. The van der Waals surface area contributed by atoms with E-state index in [-0.39, 0.29) is 50.5 Å². The van der Waals surface area contributed by atoms with Crippen LogP contribution in [-0.2, 0) is 28.7 Å². The number of likely N-dealkylation sites (tertiary alicyclic amines) is 1. The molecular formula is C36H40ClN3O7. The fourth-order valence-electron chi connectivity index (χ4n) is 7.41. The number of unbranched alkanes of at least 4 members (excludes halogenated alkanes) is 2. The highest BCUT2D eigenvalue weighted by Gasteiger charge is 2.71. The maximum Gasteiger partial charge on any atom is 0.306 e. The molecule has 11 heteroatoms. The van der Waals surface area contributed by atoms with Gasteiger partial charge in [0.05, 0.1) is 34.7 Å². The van der Waals surface area contributed by atoms with E-state index in [1.807, 2.05) is 55.5 Å². The quantitative estimate of drug-likeness (QED) is 0.261. The summed E-state index contributed by atoms with van der Waals surface area (Å²) in [5, 5.41) is 12.8. The molecule has 4 aliphatic rings. The largest absolute Gasteiger partial charge is 0.463 e. The van der Waals surface area contributed by atoms with Crippen molar-refractivity contribution in [3.63, 3.8) is 0 Å². The minimum Gasteiger partial charge on any atom is -0.463 e. The van der Waals surface area contributed by atoms with Gasteiger partial charge in [0.25, 0.3) is 5.91 Å². The Kier molecular flexibility index (Phi) is 9.82. The molecule has 47 heavy (non-hydrogen) atoms. The first-order chi connectivity index (χ1) is 22.8. The topological polar surface area (TPSA) is 125 Å². The zero-order valence-corrected chi connectivity index (χ0v) is 27.1. The summed E-state index contributed by atoms with van der Waals surface area (Å²) >= 11 is 6.65. The van der Waals surface area contributed by atoms with Crippen molar-refractivity contribution in [1.82, 2.24) is 10.2 Å². The number of benzene rings is 2. The smallest absolute Gasteiger partial charge is 0.306 e. The van der Waals surface area contributed by atoms with E-state index in [9.17, 15) is 24.3 Å². The van der Waals surface area contributed by atoms with Crippen molar-refractivity contribution >= 4 is 41.0 Å². The van der Waals surface area contributed by atoms with Gasteiger partial charge in [-0.05, 0) is 49.8 Å². The molecule has 248 valence electrons. The van der Waals surface area contributed by atoms with Gasteiger partial charge in [0, 0.05) is 26.1 Å². The highest BCUT2D eigenvalue weighted by atomic mass is 35.5. The zero-order valence-electron chi connectivity index (χ0n) is 26.3. The van der Waals surface area contributed by atoms with Gasteiger partial charge in [0.1, 0.15) is 18.2 Å². The third-order valence-electron chi connectivity index (χ3n) is 9.58. The molecule has 0 unspecified atom stereocenters. The lowest BCUT2D eigenvalue weighted by Gasteiger charge is -2.36. The average molecular weight is 662 g/mol. The van der Waals surface area contributed by atoms with Crippen LogP contribution in [0.5, 0.6) is 0 Å². The van der Waals surface area contributed by atoms with Gasteiger partial charge in [-0.25, -0.2) is 0 Å². The summed E-state index contributed by atoms with van der Waals surface area (Å²) in [7, 11) is 0. The number of fused-ring (bicyclic) bond motifs is 2. The highest BCUT2D eigenvalue weighted by Crippen LogP contribution is 2.53. The molecule has 0 aromatic heterocycles. The minimum absolute atomic E-state index is 0.0302. The van der Waals surface area contributed by atoms with Gasteiger partial charge in [-0.3, -0.25) is 19.2 Å². The van der Waals surface area contributed by atoms with E-state index >= 15 is 0 Å². The van der Waals surface area contributed by atoms with Gasteiger partial charge < -0.3 is 29.7 Å². The van der Waals surface area contributed by atoms with Crippen LogP contribution in [-0.4, -0.2) is 77.7 Å². The van der Waals surface area contributed by atoms with Crippen LogP contribution in [0.2, 0.25) is 5.02 Å². The number of nitrogens with one attached hydrogen (secondary N) is 1. The second kappa shape index (κ2) is 14.0. The third-order valence-corrected chi connectivity index (χ3v) is 9.89. The summed E-state index contributed by atoms with van der Waals surface area (Å²) in [5.74, 6) is -3.44. The number of allylic oxidation sites excluding steroid dienone is 1. The number of anilines is 1. The van der Waals surface area contributed by atoms with Gasteiger partial charge in [-0.1, -0.05) is 78.4 Å². The van der Waals surface area contributed by atoms with Crippen molar-refractivity contribution in [2.45, 2.75) is 62.8 Å². The summed E-state index contributed by atoms with van der Waals surface area (Å²) in [4.78, 5) is 59.4. The predicted molar refractivity (Wildman–Crippen MR) is 175 cm³/mol. The molecule has 4 heterocycles. The van der Waals surface area contributed by atoms with Crippen LogP contribution in [0.15, 0.2) is 72.8 Å². The van der Waals surface area contributed by atoms with Crippen molar-refractivity contribution in [3.05, 3.63) is 89.0 Å². The number of aliphatic hydroxyl groups is 1. The van der Waals surface area contributed by atoms with Crippen LogP contribution in [0.3, 0.4) is 0 Å². The van der Waals surface area contributed by atoms with Crippen LogP contribution < -0.4 is 10.2 Å². The first-order valence-electron chi connectivity index (χ1n) is 16.3. The number of para-hydroxylation sites is 1. The average Bonchev–Trinajstić information content (AvgIpc) is 3.44. The monoisotopic (exact) mass is 661 g/mol. The number of aryl methyl sites for hydroxylation is 1. The number of halogens is 1. The second-order valence-electron chi connectivity index (χ2n) is 12.5. The Morgan fingerprint density at radius 3 is 2.57 bits per heavy atom. The van der Waals surface area contributed by atoms with E-state index in [1.165, 1.54) is 0 Å². The molecule has 6 rings (SSSR count). The number of rotatable bonds is 7. The highest BCUT2D eigenvalue weighted by molar-refractivity contribution is 6.34. The van der Waals surface area contributed by atoms with Gasteiger partial charge in [0.2, 0.25) is 11.8 Å².